The van der Waals surface area contributed by atoms with E-state index < -0.39 is 0 Å². The number of rotatable bonds is 4. The van der Waals surface area contributed by atoms with Crippen molar-refractivity contribution in [2.24, 2.45) is 41.4 Å². The van der Waals surface area contributed by atoms with E-state index in [0.29, 0.717) is 56.9 Å². The Kier molecular flexibility index (Phi) is 15.1. The van der Waals surface area contributed by atoms with Gasteiger partial charge in [-0.2, -0.15) is 0 Å². The first kappa shape index (κ1) is 60.9. The van der Waals surface area contributed by atoms with E-state index >= 15 is 0 Å². The summed E-state index contributed by atoms with van der Waals surface area (Å²) in [5, 5.41) is 0. The van der Waals surface area contributed by atoms with Gasteiger partial charge < -0.3 is 0 Å². The average molecular weight is 1180 g/mol. The Balaban J connectivity index is 0.000000103. The van der Waals surface area contributed by atoms with Crippen LogP contribution in [0.5, 0.6) is 0 Å². The van der Waals surface area contributed by atoms with Crippen molar-refractivity contribution in [1.82, 2.24) is 44.4 Å². The predicted molar refractivity (Wildman–Crippen MR) is 357 cm³/mol. The summed E-state index contributed by atoms with van der Waals surface area (Å²) in [6.07, 6.45) is 21.5. The molecule has 16 bridgehead atoms. The lowest BCUT2D eigenvalue weighted by Crippen LogP contribution is -2.75. The van der Waals surface area contributed by atoms with Crippen LogP contribution in [0.15, 0.2) is 24.3 Å². The molecule has 18 atom stereocenters. The molecule has 472 valence electrons. The van der Waals surface area contributed by atoms with Gasteiger partial charge in [0.25, 0.3) is 0 Å². The molecule has 4 aromatic heterocycles. The Morgan fingerprint density at radius 1 is 0.379 bits per heavy atom. The van der Waals surface area contributed by atoms with Gasteiger partial charge in [0.05, 0.1) is 6.67 Å². The quantitative estimate of drug-likeness (QED) is 0.199. The van der Waals surface area contributed by atoms with Gasteiger partial charge >= 0.3 is 0 Å². The molecule has 13 aliphatic heterocycles. The second kappa shape index (κ2) is 21.5. The molecule has 17 fully saturated rings. The molecule has 4 aromatic rings. The van der Waals surface area contributed by atoms with E-state index in [-0.39, 0.29) is 0 Å². The molecule has 4 aliphatic carbocycles. The fourth-order valence-corrected chi connectivity index (χ4v) is 26.0. The zero-order valence-electron chi connectivity index (χ0n) is 57.9. The monoisotopic (exact) mass is 1180 g/mol. The maximum Gasteiger partial charge on any atom is 0.0509 e. The Morgan fingerprint density at radius 3 is 1.23 bits per heavy atom. The molecule has 9 heteroatoms. The Bertz CT molecular complexity index is 3110. The molecule has 87 heavy (non-hydrogen) atoms. The first-order valence-electron chi connectivity index (χ1n) is 35.8. The van der Waals surface area contributed by atoms with E-state index in [1.165, 1.54) is 205 Å². The van der Waals surface area contributed by atoms with Crippen molar-refractivity contribution >= 4 is 0 Å². The highest BCUT2D eigenvalue weighted by Gasteiger charge is 2.66. The number of pyridine rings is 4. The Hall–Kier alpha value is -3.60. The number of piperidine rings is 11. The van der Waals surface area contributed by atoms with E-state index in [0.717, 1.165) is 52.8 Å². The standard InChI is InChI=1S/C23H34N2.C20H30N2.C18H26N2.C17H25N3/c1-15-10-16(2)24-17(3)21(15)22-12-19-11-20(13-22)23(8-6-5-7-9-23)25(14-19)18(22)4;1-12-7-13(2)21-14(3)18(12)20-9-16-8-17(10-20)19(5,6)22(11-16)15(20)4;1-11-5-12(2)19-13(3)17(11)18-7-15-6-16(8-18)10-20(9-15)14(18)4;1-11-5-12(2)18-13(3)16(11)17-6-15-7-19(9-17)10-20(8-15)14(17)4/h10,18-20H,5-9,11-14H2,1-4H3;7,15-17H,8-11H2,1-6H3;5,14-16H,6-10H2,1-4H3;5,14-15H,6-10H2,1-4H3. The van der Waals surface area contributed by atoms with Gasteiger partial charge in [-0.1, -0.05) is 19.3 Å². The number of aromatic nitrogens is 4. The zero-order chi connectivity index (χ0) is 61.4. The SMILES string of the molecule is Cc1cc(C)c(C23CC4CC(C2)C(C)(C)N(C4)C3C)c(C)n1.Cc1cc(C)c(C23CC4CC(C2)C2(CCCCC2)N(C4)C3C)c(C)n1.Cc1cc(C)c(C23CC4CC(CN(C4)C2C)C3)c(C)n1.Cc1cc(C)c(C23CC4CN(CN(C4)C2C)C3)c(C)n1. The van der Waals surface area contributed by atoms with Crippen molar-refractivity contribution < 1.29 is 0 Å². The van der Waals surface area contributed by atoms with E-state index in [9.17, 15) is 0 Å². The van der Waals surface area contributed by atoms with Gasteiger partial charge in [0.15, 0.2) is 0 Å². The van der Waals surface area contributed by atoms with Crippen LogP contribution in [-0.4, -0.2) is 132 Å². The molecule has 4 saturated carbocycles. The number of aryl methyl sites for hydroxylation is 12. The zero-order valence-corrected chi connectivity index (χ0v) is 57.9. The fraction of sp³-hybridized carbons (Fsp3) is 0.744. The van der Waals surface area contributed by atoms with Crippen molar-refractivity contribution in [3.63, 3.8) is 0 Å². The number of hydrogen-bond donors (Lipinski definition) is 0. The second-order valence-corrected chi connectivity index (χ2v) is 33.9. The molecule has 18 unspecified atom stereocenters. The van der Waals surface area contributed by atoms with E-state index in [4.69, 9.17) is 19.9 Å². The van der Waals surface area contributed by atoms with Crippen LogP contribution in [0.4, 0.5) is 0 Å². The minimum Gasteiger partial charge on any atom is -0.299 e. The maximum absolute atomic E-state index is 4.91. The molecule has 9 nitrogen and oxygen atoms in total. The molecule has 17 aliphatic rings. The van der Waals surface area contributed by atoms with Gasteiger partial charge in [-0.25, -0.2) is 0 Å². The maximum atomic E-state index is 4.91. The third-order valence-corrected chi connectivity index (χ3v) is 28.3. The minimum atomic E-state index is 0.314. The first-order valence-corrected chi connectivity index (χ1v) is 35.8. The molecular formula is C78H115N9. The van der Waals surface area contributed by atoms with E-state index in [1.54, 1.807) is 22.3 Å². The van der Waals surface area contributed by atoms with Crippen molar-refractivity contribution in [2.75, 3.05) is 52.5 Å². The van der Waals surface area contributed by atoms with Crippen LogP contribution < -0.4 is 0 Å². The van der Waals surface area contributed by atoms with Crippen molar-refractivity contribution in [3.8, 4) is 0 Å². The molecule has 1 spiro atoms. The highest BCUT2D eigenvalue weighted by Crippen LogP contribution is 2.65. The van der Waals surface area contributed by atoms with Gasteiger partial charge in [0.1, 0.15) is 0 Å². The number of nitrogens with zero attached hydrogens (tertiary/aromatic N) is 9. The molecule has 13 saturated heterocycles. The van der Waals surface area contributed by atoms with Gasteiger partial charge in [0, 0.05) is 148 Å². The fourth-order valence-electron chi connectivity index (χ4n) is 26.0. The van der Waals surface area contributed by atoms with Crippen LogP contribution in [0, 0.1) is 125 Å². The second-order valence-electron chi connectivity index (χ2n) is 33.9. The summed E-state index contributed by atoms with van der Waals surface area (Å²) in [6, 6.07) is 11.9. The van der Waals surface area contributed by atoms with E-state index in [1.807, 2.05) is 0 Å². The highest BCUT2D eigenvalue weighted by atomic mass is 15.4. The smallest absolute Gasteiger partial charge is 0.0509 e. The minimum absolute atomic E-state index is 0.314. The summed E-state index contributed by atoms with van der Waals surface area (Å²) >= 11 is 0. The summed E-state index contributed by atoms with van der Waals surface area (Å²) < 4.78 is 0. The van der Waals surface area contributed by atoms with Crippen LogP contribution in [0.3, 0.4) is 0 Å². The highest BCUT2D eigenvalue weighted by molar-refractivity contribution is 5.46. The lowest BCUT2D eigenvalue weighted by atomic mass is 9.46. The summed E-state index contributed by atoms with van der Waals surface area (Å²) in [7, 11) is 0. The first-order chi connectivity index (χ1) is 41.2. The van der Waals surface area contributed by atoms with Gasteiger partial charge in [0.2, 0.25) is 0 Å². The third kappa shape index (κ3) is 9.37. The van der Waals surface area contributed by atoms with Crippen molar-refractivity contribution in [1.29, 1.82) is 0 Å². The van der Waals surface area contributed by atoms with Crippen LogP contribution in [0.2, 0.25) is 0 Å². The lowest BCUT2D eigenvalue weighted by Gasteiger charge is -2.71. The molecule has 21 rings (SSSR count). The molecule has 0 amide bonds. The topological polar surface area (TPSA) is 67.8 Å². The molecule has 17 heterocycles. The number of hydrogen-bond acceptors (Lipinski definition) is 9. The molecule has 0 aromatic carbocycles. The van der Waals surface area contributed by atoms with Gasteiger partial charge in [-0.05, 0) is 312 Å². The summed E-state index contributed by atoms with van der Waals surface area (Å²) in [5.41, 5.74) is 24.4. The van der Waals surface area contributed by atoms with Crippen molar-refractivity contribution in [2.45, 2.75) is 278 Å². The third-order valence-electron chi connectivity index (χ3n) is 28.3. The Morgan fingerprint density at radius 2 is 0.759 bits per heavy atom. The molecule has 0 N–H and O–H groups in total. The Labute approximate surface area is 527 Å². The van der Waals surface area contributed by atoms with Gasteiger partial charge in [-0.3, -0.25) is 44.4 Å². The molecule has 0 radical (unpaired) electrons. The van der Waals surface area contributed by atoms with Crippen LogP contribution in [-0.2, 0) is 21.7 Å². The van der Waals surface area contributed by atoms with E-state index in [2.05, 4.69) is 173 Å². The van der Waals surface area contributed by atoms with Gasteiger partial charge in [-0.15, -0.1) is 0 Å². The van der Waals surface area contributed by atoms with Crippen LogP contribution >= 0.6 is 0 Å². The summed E-state index contributed by atoms with van der Waals surface area (Å²) in [4.78, 5) is 33.3. The normalized spacial score (nSPS) is 41.9. The summed E-state index contributed by atoms with van der Waals surface area (Å²) in [6.45, 7) is 52.0. The van der Waals surface area contributed by atoms with Crippen LogP contribution in [0.1, 0.15) is 228 Å². The van der Waals surface area contributed by atoms with Crippen molar-refractivity contribution in [3.05, 3.63) is 114 Å². The summed E-state index contributed by atoms with van der Waals surface area (Å²) in [5.74, 6) is 6.30. The lowest BCUT2D eigenvalue weighted by molar-refractivity contribution is -0.182. The van der Waals surface area contributed by atoms with Crippen LogP contribution in [0.25, 0.3) is 0 Å². The largest absolute Gasteiger partial charge is 0.299 e. The average Bonchev–Trinajstić information content (AvgIpc) is 0.715. The predicted octanol–water partition coefficient (Wildman–Crippen LogP) is 14.9. The molecular weight excluding hydrogens is 1060 g/mol.